The molecule has 0 atom stereocenters. The molecule has 8 heterocycles. The van der Waals surface area contributed by atoms with Gasteiger partial charge >= 0.3 is 0 Å². The van der Waals surface area contributed by atoms with Gasteiger partial charge in [0.2, 0.25) is 0 Å². The van der Waals surface area contributed by atoms with Gasteiger partial charge in [-0.15, -0.1) is 0 Å². The maximum Gasteiger partial charge on any atom is 0.166 e. The first kappa shape index (κ1) is 64.0. The van der Waals surface area contributed by atoms with Crippen molar-refractivity contribution < 1.29 is 0 Å². The maximum atomic E-state index is 5.49. The molecule has 18 rings (SSSR count). The lowest BCUT2D eigenvalue weighted by molar-refractivity contribution is 0.928. The summed E-state index contributed by atoms with van der Waals surface area (Å²) >= 11 is 0. The molecule has 0 amide bonds. The fraction of sp³-hybridized carbons (Fsp3) is 0.0930. The highest BCUT2D eigenvalue weighted by molar-refractivity contribution is 6.13. The second-order valence-electron chi connectivity index (χ2n) is 26.2. The average Bonchev–Trinajstić information content (AvgIpc) is 1.39. The van der Waals surface area contributed by atoms with E-state index in [1.54, 1.807) is 0 Å². The molecule has 0 saturated heterocycles. The van der Waals surface area contributed by atoms with E-state index in [4.69, 9.17) is 69.8 Å². The summed E-state index contributed by atoms with van der Waals surface area (Å²) in [4.78, 5) is 89.2. The summed E-state index contributed by atoms with van der Waals surface area (Å²) in [5, 5.41) is 3.78. The second kappa shape index (κ2) is 26.0. The molecule has 8 aromatic heterocycles. The average molecular weight is 1380 g/mol. The van der Waals surface area contributed by atoms with Crippen LogP contribution in [0.4, 0.5) is 0 Å². The third-order valence-corrected chi connectivity index (χ3v) is 18.7. The summed E-state index contributed by atoms with van der Waals surface area (Å²) in [6, 6.07) is 78.7. The highest BCUT2D eigenvalue weighted by Gasteiger charge is 2.26. The van der Waals surface area contributed by atoms with Gasteiger partial charge in [0.15, 0.2) is 58.2 Å². The Bertz CT molecular complexity index is 5750. The minimum Gasteiger partial charge on any atom is -0.308 e. The van der Waals surface area contributed by atoms with Gasteiger partial charge < -0.3 is 9.13 Å². The summed E-state index contributed by atoms with van der Waals surface area (Å²) in [5.41, 5.74) is 15.0. The fourth-order valence-corrected chi connectivity index (χ4v) is 14.1. The molecular formula is C86H62N20. The molecule has 0 aliphatic carbocycles. The van der Waals surface area contributed by atoms with Crippen molar-refractivity contribution in [2.75, 3.05) is 0 Å². The van der Waals surface area contributed by atoms with Crippen LogP contribution in [0.15, 0.2) is 231 Å². The van der Waals surface area contributed by atoms with Crippen molar-refractivity contribution in [2.24, 2.45) is 0 Å². The summed E-state index contributed by atoms with van der Waals surface area (Å²) in [6.07, 6.45) is 0. The smallest absolute Gasteiger partial charge is 0.166 e. The zero-order valence-electron chi connectivity index (χ0n) is 58.9. The fourth-order valence-electron chi connectivity index (χ4n) is 14.1. The van der Waals surface area contributed by atoms with E-state index in [0.717, 1.165) is 122 Å². The van der Waals surface area contributed by atoms with Gasteiger partial charge in [0.05, 0.1) is 33.4 Å². The normalized spacial score (nSPS) is 11.6. The first-order valence-corrected chi connectivity index (χ1v) is 34.7. The first-order chi connectivity index (χ1) is 51.7. The van der Waals surface area contributed by atoms with Crippen molar-refractivity contribution in [3.05, 3.63) is 277 Å². The van der Waals surface area contributed by atoms with Crippen LogP contribution in [0.3, 0.4) is 0 Å². The van der Waals surface area contributed by atoms with Crippen LogP contribution in [-0.2, 0) is 0 Å². The van der Waals surface area contributed by atoms with Crippen molar-refractivity contribution in [1.82, 2.24) is 98.8 Å². The molecule has 0 bridgehead atoms. The second-order valence-corrected chi connectivity index (χ2v) is 26.2. The van der Waals surface area contributed by atoms with Crippen molar-refractivity contribution in [2.45, 2.75) is 55.4 Å². The van der Waals surface area contributed by atoms with Crippen LogP contribution < -0.4 is 0 Å². The summed E-state index contributed by atoms with van der Waals surface area (Å²) in [7, 11) is 0. The topological polar surface area (TPSA) is 242 Å². The minimum absolute atomic E-state index is 0.448. The standard InChI is InChI=1S/C86H62N20/c1-47-87-48(2)92-81(91-47)61-31-37-71-65(43-61)66-44-62(82-93-49(3)88-50(4)94-82)32-38-72(66)105(71)75-35-29-59(41-69(75)85-101-77(55-21-13-9-14-22-55)99-78(102-85)56-23-15-10-16-24-56)60-30-36-76(70(42-60)86-103-79(57-25-17-11-18-26-57)100-80(104-86)58-27-19-12-20-28-58)106-73-39-33-63(83-95-51(5)89-52(6)96-83)45-67(73)68-46-64(34-40-74(68)106)84-97-53(7)90-54(8)98-84/h9-46H,1-8H3. The van der Waals surface area contributed by atoms with E-state index in [9.17, 15) is 0 Å². The molecule has 0 N–H and O–H groups in total. The molecule has 106 heavy (non-hydrogen) atoms. The number of rotatable bonds is 13. The number of hydrogen-bond donors (Lipinski definition) is 0. The lowest BCUT2D eigenvalue weighted by Crippen LogP contribution is -2.05. The van der Waals surface area contributed by atoms with Gasteiger partial charge in [-0.2, -0.15) is 0 Å². The van der Waals surface area contributed by atoms with E-state index in [2.05, 4.69) is 138 Å². The zero-order valence-corrected chi connectivity index (χ0v) is 58.9. The van der Waals surface area contributed by atoms with Crippen LogP contribution in [0.5, 0.6) is 0 Å². The van der Waals surface area contributed by atoms with Crippen LogP contribution in [0.1, 0.15) is 46.6 Å². The van der Waals surface area contributed by atoms with Gasteiger partial charge in [0, 0.05) is 77.2 Å². The zero-order chi connectivity index (χ0) is 71.8. The Kier molecular flexibility index (Phi) is 15.7. The SMILES string of the molecule is Cc1nc(C)nc(-c2ccc3c(c2)c2cc(-c4nc(C)nc(C)n4)ccc2n3-c2ccc(-c3ccc(-n4c5ccc(-c6nc(C)nc(C)n6)cc5c5cc(-c6nc(C)nc(C)n6)ccc54)c(-c4nc(-c5ccccc5)nc(-c5ccccc5)n4)c3)cc2-c2nc(-c3ccccc3)nc(-c3ccccc3)n2)n1. The van der Waals surface area contributed by atoms with Crippen LogP contribution in [0.2, 0.25) is 0 Å². The molecule has 0 radical (unpaired) electrons. The van der Waals surface area contributed by atoms with E-state index < -0.39 is 0 Å². The highest BCUT2D eigenvalue weighted by Crippen LogP contribution is 2.44. The van der Waals surface area contributed by atoms with Crippen LogP contribution in [-0.4, -0.2) is 98.8 Å². The molecule has 0 unspecified atom stereocenters. The van der Waals surface area contributed by atoms with Crippen LogP contribution >= 0.6 is 0 Å². The lowest BCUT2D eigenvalue weighted by Gasteiger charge is -2.18. The van der Waals surface area contributed by atoms with Crippen molar-refractivity contribution in [3.8, 4) is 136 Å². The van der Waals surface area contributed by atoms with E-state index in [1.165, 1.54) is 0 Å². The Labute approximate surface area is 608 Å². The van der Waals surface area contributed by atoms with E-state index in [-0.39, 0.29) is 0 Å². The van der Waals surface area contributed by atoms with Crippen molar-refractivity contribution >= 4 is 43.6 Å². The largest absolute Gasteiger partial charge is 0.308 e. The molecule has 18 aromatic rings. The molecule has 0 spiro atoms. The third kappa shape index (κ3) is 11.9. The van der Waals surface area contributed by atoms with E-state index in [0.29, 0.717) is 105 Å². The van der Waals surface area contributed by atoms with Gasteiger partial charge in [-0.25, -0.2) is 89.7 Å². The first-order valence-electron chi connectivity index (χ1n) is 34.7. The Morgan fingerprint density at radius 3 is 0.613 bits per heavy atom. The highest BCUT2D eigenvalue weighted by atomic mass is 15.1. The summed E-state index contributed by atoms with van der Waals surface area (Å²) < 4.78 is 4.58. The number of aromatic nitrogens is 20. The van der Waals surface area contributed by atoms with Crippen LogP contribution in [0, 0.1) is 55.4 Å². The van der Waals surface area contributed by atoms with Gasteiger partial charge in [-0.05, 0) is 164 Å². The lowest BCUT2D eigenvalue weighted by atomic mass is 9.97. The Hall–Kier alpha value is -14.1. The molecule has 0 saturated carbocycles. The molecule has 0 fully saturated rings. The molecule has 10 aromatic carbocycles. The Balaban J connectivity index is 0.918. The molecule has 506 valence electrons. The monoisotopic (exact) mass is 1370 g/mol. The van der Waals surface area contributed by atoms with E-state index in [1.807, 2.05) is 177 Å². The van der Waals surface area contributed by atoms with Gasteiger partial charge in [-0.3, -0.25) is 0 Å². The number of hydrogen-bond acceptors (Lipinski definition) is 18. The molecule has 20 nitrogen and oxygen atoms in total. The predicted octanol–water partition coefficient (Wildman–Crippen LogP) is 17.8. The summed E-state index contributed by atoms with van der Waals surface area (Å²) in [5.74, 6) is 10.3. The number of aryl methyl sites for hydroxylation is 8. The number of benzene rings is 10. The molecular weight excluding hydrogens is 1310 g/mol. The quantitative estimate of drug-likeness (QED) is 0.104. The van der Waals surface area contributed by atoms with Crippen molar-refractivity contribution in [1.29, 1.82) is 0 Å². The molecule has 0 aliphatic heterocycles. The van der Waals surface area contributed by atoms with Crippen LogP contribution in [0.25, 0.3) is 180 Å². The number of fused-ring (bicyclic) bond motifs is 6. The van der Waals surface area contributed by atoms with Gasteiger partial charge in [0.25, 0.3) is 0 Å². The van der Waals surface area contributed by atoms with Gasteiger partial charge in [0.1, 0.15) is 46.6 Å². The van der Waals surface area contributed by atoms with Gasteiger partial charge in [-0.1, -0.05) is 133 Å². The molecule has 20 heteroatoms. The third-order valence-electron chi connectivity index (χ3n) is 18.7. The molecule has 0 aliphatic rings. The van der Waals surface area contributed by atoms with E-state index >= 15 is 0 Å². The Morgan fingerprint density at radius 2 is 0.377 bits per heavy atom. The summed E-state index contributed by atoms with van der Waals surface area (Å²) in [6.45, 7) is 15.1. The minimum atomic E-state index is 0.448. The Morgan fingerprint density at radius 1 is 0.170 bits per heavy atom. The predicted molar refractivity (Wildman–Crippen MR) is 413 cm³/mol. The maximum absolute atomic E-state index is 5.49. The van der Waals surface area contributed by atoms with Crippen molar-refractivity contribution in [3.63, 3.8) is 0 Å². The number of nitrogens with zero attached hydrogens (tertiary/aromatic N) is 20.